The average molecular weight is 429 g/mol. The molecule has 32 heavy (non-hydrogen) atoms. The first-order chi connectivity index (χ1) is 15.7. The highest BCUT2D eigenvalue weighted by atomic mass is 19.1. The lowest BCUT2D eigenvalue weighted by Crippen LogP contribution is -2.35. The minimum atomic E-state index is -0.379. The van der Waals surface area contributed by atoms with Gasteiger partial charge in [0.05, 0.1) is 30.2 Å². The fraction of sp³-hybridized carbons (Fsp3) is 0.192. The Bertz CT molecular complexity index is 1150. The van der Waals surface area contributed by atoms with Gasteiger partial charge in [-0.1, -0.05) is 42.5 Å². The molecule has 0 unspecified atom stereocenters. The van der Waals surface area contributed by atoms with Crippen molar-refractivity contribution in [2.45, 2.75) is 6.54 Å². The van der Waals surface area contributed by atoms with E-state index in [1.807, 2.05) is 42.5 Å². The molecule has 0 atom stereocenters. The van der Waals surface area contributed by atoms with Gasteiger partial charge in [0, 0.05) is 30.9 Å². The second kappa shape index (κ2) is 8.94. The van der Waals surface area contributed by atoms with Crippen molar-refractivity contribution in [3.63, 3.8) is 0 Å². The zero-order chi connectivity index (χ0) is 21.9. The van der Waals surface area contributed by atoms with Gasteiger partial charge < -0.3 is 15.4 Å². The summed E-state index contributed by atoms with van der Waals surface area (Å²) in [4.78, 5) is 15.3. The maximum atomic E-state index is 13.7. The third-order valence-corrected chi connectivity index (χ3v) is 5.77. The van der Waals surface area contributed by atoms with E-state index in [2.05, 4.69) is 27.7 Å². The number of fused-ring (bicyclic) bond motifs is 1. The van der Waals surface area contributed by atoms with Crippen molar-refractivity contribution >= 4 is 28.6 Å². The Morgan fingerprint density at radius 1 is 1.00 bits per heavy atom. The van der Waals surface area contributed by atoms with Gasteiger partial charge in [0.25, 0.3) is 5.91 Å². The predicted molar refractivity (Wildman–Crippen MR) is 124 cm³/mol. The molecule has 2 heterocycles. The van der Waals surface area contributed by atoms with Gasteiger partial charge in [-0.25, -0.2) is 4.39 Å². The van der Waals surface area contributed by atoms with Crippen LogP contribution in [0.2, 0.25) is 0 Å². The van der Waals surface area contributed by atoms with Crippen LogP contribution in [-0.2, 0) is 16.1 Å². The summed E-state index contributed by atoms with van der Waals surface area (Å²) < 4.78 is 19.1. The Hall–Kier alpha value is -3.48. The number of benzene rings is 3. The topological polar surface area (TPSA) is 53.6 Å². The highest BCUT2D eigenvalue weighted by Gasteiger charge is 2.28. The number of rotatable bonds is 5. The van der Waals surface area contributed by atoms with Crippen LogP contribution in [0.1, 0.15) is 16.7 Å². The summed E-state index contributed by atoms with van der Waals surface area (Å²) in [5.41, 5.74) is 5.36. The van der Waals surface area contributed by atoms with Gasteiger partial charge in [-0.2, -0.15) is 0 Å². The lowest BCUT2D eigenvalue weighted by Gasteiger charge is -2.26. The van der Waals surface area contributed by atoms with Crippen LogP contribution in [0, 0.1) is 5.82 Å². The molecule has 0 bridgehead atoms. The van der Waals surface area contributed by atoms with Gasteiger partial charge >= 0.3 is 0 Å². The molecule has 5 nitrogen and oxygen atoms in total. The van der Waals surface area contributed by atoms with Gasteiger partial charge in [0.1, 0.15) is 5.82 Å². The van der Waals surface area contributed by atoms with E-state index < -0.39 is 0 Å². The molecule has 0 aromatic heterocycles. The van der Waals surface area contributed by atoms with Gasteiger partial charge in [-0.15, -0.1) is 0 Å². The molecular formula is C26H24FN3O2. The zero-order valence-corrected chi connectivity index (χ0v) is 17.6. The second-order valence-corrected chi connectivity index (χ2v) is 7.97. The Morgan fingerprint density at radius 2 is 1.75 bits per heavy atom. The van der Waals surface area contributed by atoms with E-state index in [1.54, 1.807) is 6.07 Å². The van der Waals surface area contributed by atoms with E-state index in [0.29, 0.717) is 22.5 Å². The molecule has 162 valence electrons. The molecular weight excluding hydrogens is 405 g/mol. The van der Waals surface area contributed by atoms with Gasteiger partial charge in [-0.3, -0.25) is 9.69 Å². The normalized spacial score (nSPS) is 17.6. The highest BCUT2D eigenvalue weighted by Crippen LogP contribution is 2.37. The summed E-state index contributed by atoms with van der Waals surface area (Å²) in [6.07, 6.45) is 0. The van der Waals surface area contributed by atoms with E-state index in [9.17, 15) is 9.18 Å². The number of carbonyl (C=O) groups is 1. The average Bonchev–Trinajstić information content (AvgIpc) is 3.14. The number of hydrogen-bond donors (Lipinski definition) is 2. The van der Waals surface area contributed by atoms with Crippen LogP contribution in [-0.4, -0.2) is 37.1 Å². The minimum absolute atomic E-state index is 0.249. The molecule has 2 aliphatic heterocycles. The molecule has 3 aromatic carbocycles. The molecule has 1 amide bonds. The molecule has 5 rings (SSSR count). The second-order valence-electron chi connectivity index (χ2n) is 7.97. The molecule has 0 aliphatic carbocycles. The standard InChI is InChI=1S/C26H24FN3O2/c27-20-8-11-22-23(16-20)29-26(31)24(22)25(19-4-2-1-3-5-19)28-21-9-6-18(7-10-21)17-30-12-14-32-15-13-30/h1-11,16,28H,12-15,17H2,(H,29,31)/b25-24-. The molecule has 0 spiro atoms. The summed E-state index contributed by atoms with van der Waals surface area (Å²) >= 11 is 0. The Balaban J connectivity index is 1.47. The van der Waals surface area contributed by atoms with Gasteiger partial charge in [-0.05, 0) is 41.5 Å². The lowest BCUT2D eigenvalue weighted by molar-refractivity contribution is -0.110. The van der Waals surface area contributed by atoms with Crippen LogP contribution in [0.3, 0.4) is 0 Å². The Kier molecular flexibility index (Phi) is 5.71. The Morgan fingerprint density at radius 3 is 2.50 bits per heavy atom. The number of anilines is 2. The largest absolute Gasteiger partial charge is 0.379 e. The lowest BCUT2D eigenvalue weighted by atomic mass is 10.00. The molecule has 2 N–H and O–H groups in total. The van der Waals surface area contributed by atoms with E-state index in [4.69, 9.17) is 4.74 Å². The molecule has 0 radical (unpaired) electrons. The van der Waals surface area contributed by atoms with E-state index in [0.717, 1.165) is 44.1 Å². The number of hydrogen-bond acceptors (Lipinski definition) is 4. The first-order valence-electron chi connectivity index (χ1n) is 10.7. The SMILES string of the molecule is O=C1Nc2cc(F)ccc2/C1=C(/Nc1ccc(CN2CCOCC2)cc1)c1ccccc1. The Labute approximate surface area is 186 Å². The summed E-state index contributed by atoms with van der Waals surface area (Å²) in [6, 6.07) is 22.3. The van der Waals surface area contributed by atoms with Crippen LogP contribution < -0.4 is 10.6 Å². The number of amides is 1. The molecule has 1 saturated heterocycles. The van der Waals surface area contributed by atoms with Gasteiger partial charge in [0.15, 0.2) is 0 Å². The first-order valence-corrected chi connectivity index (χ1v) is 10.7. The summed E-state index contributed by atoms with van der Waals surface area (Å²) in [5.74, 6) is -0.628. The maximum absolute atomic E-state index is 13.7. The van der Waals surface area contributed by atoms with Crippen LogP contribution in [0.15, 0.2) is 72.8 Å². The van der Waals surface area contributed by atoms with Crippen molar-refractivity contribution in [3.05, 3.63) is 95.3 Å². The number of halogens is 1. The monoisotopic (exact) mass is 429 g/mol. The zero-order valence-electron chi connectivity index (χ0n) is 17.6. The van der Waals surface area contributed by atoms with Crippen molar-refractivity contribution in [1.29, 1.82) is 0 Å². The van der Waals surface area contributed by atoms with Crippen LogP contribution in [0.5, 0.6) is 0 Å². The van der Waals surface area contributed by atoms with Crippen LogP contribution >= 0.6 is 0 Å². The quantitative estimate of drug-likeness (QED) is 0.583. The van der Waals surface area contributed by atoms with Crippen molar-refractivity contribution in [1.82, 2.24) is 4.90 Å². The molecule has 0 saturated carbocycles. The summed E-state index contributed by atoms with van der Waals surface area (Å²) in [7, 11) is 0. The number of ether oxygens (including phenoxy) is 1. The minimum Gasteiger partial charge on any atom is -0.379 e. The molecule has 3 aromatic rings. The van der Waals surface area contributed by atoms with E-state index in [-0.39, 0.29) is 11.7 Å². The van der Waals surface area contributed by atoms with Crippen LogP contribution in [0.25, 0.3) is 11.3 Å². The fourth-order valence-corrected chi connectivity index (χ4v) is 4.13. The predicted octanol–water partition coefficient (Wildman–Crippen LogP) is 4.59. The van der Waals surface area contributed by atoms with Crippen molar-refractivity contribution < 1.29 is 13.9 Å². The van der Waals surface area contributed by atoms with E-state index in [1.165, 1.54) is 17.7 Å². The van der Waals surface area contributed by atoms with Gasteiger partial charge in [0.2, 0.25) is 0 Å². The third kappa shape index (κ3) is 4.28. The van der Waals surface area contributed by atoms with E-state index >= 15 is 0 Å². The smallest absolute Gasteiger partial charge is 0.258 e. The number of morpholine rings is 1. The van der Waals surface area contributed by atoms with Crippen molar-refractivity contribution in [3.8, 4) is 0 Å². The van der Waals surface area contributed by atoms with Crippen LogP contribution in [0.4, 0.5) is 15.8 Å². The first kappa shape index (κ1) is 20.4. The number of nitrogens with zero attached hydrogens (tertiary/aromatic N) is 1. The van der Waals surface area contributed by atoms with Crippen molar-refractivity contribution in [2.24, 2.45) is 0 Å². The molecule has 1 fully saturated rings. The molecule has 2 aliphatic rings. The summed E-state index contributed by atoms with van der Waals surface area (Å²) in [6.45, 7) is 4.33. The van der Waals surface area contributed by atoms with Crippen molar-refractivity contribution in [2.75, 3.05) is 36.9 Å². The highest BCUT2D eigenvalue weighted by molar-refractivity contribution is 6.37. The summed E-state index contributed by atoms with van der Waals surface area (Å²) in [5, 5.41) is 6.23. The number of carbonyl (C=O) groups excluding carboxylic acids is 1. The fourth-order valence-electron chi connectivity index (χ4n) is 4.13. The number of nitrogens with one attached hydrogen (secondary N) is 2. The third-order valence-electron chi connectivity index (χ3n) is 5.77. The maximum Gasteiger partial charge on any atom is 0.258 e. The molecule has 6 heteroatoms.